The van der Waals surface area contributed by atoms with Crippen LogP contribution in [0.3, 0.4) is 0 Å². The molecular formula is C11H6BrClOS. The van der Waals surface area contributed by atoms with Crippen molar-refractivity contribution in [1.82, 2.24) is 0 Å². The number of carbonyl (C=O) groups is 1. The molecule has 0 fully saturated rings. The zero-order valence-corrected chi connectivity index (χ0v) is 10.7. The van der Waals surface area contributed by atoms with Gasteiger partial charge in [0.25, 0.3) is 0 Å². The first-order chi connectivity index (χ1) is 7.22. The number of aldehydes is 1. The summed E-state index contributed by atoms with van der Waals surface area (Å²) >= 11 is 11.0. The minimum atomic E-state index is 0.487. The molecule has 0 spiro atoms. The molecule has 76 valence electrons. The summed E-state index contributed by atoms with van der Waals surface area (Å²) in [7, 11) is 0. The summed E-state index contributed by atoms with van der Waals surface area (Å²) in [5, 5.41) is 4.54. The van der Waals surface area contributed by atoms with Crippen LogP contribution in [0, 0.1) is 0 Å². The number of hydrogen-bond donors (Lipinski definition) is 0. The van der Waals surface area contributed by atoms with Crippen LogP contribution in [-0.2, 0) is 0 Å². The van der Waals surface area contributed by atoms with Crippen LogP contribution in [0.25, 0.3) is 11.1 Å². The monoisotopic (exact) mass is 300 g/mol. The van der Waals surface area contributed by atoms with E-state index in [9.17, 15) is 4.79 Å². The number of rotatable bonds is 2. The van der Waals surface area contributed by atoms with Crippen molar-refractivity contribution in [2.45, 2.75) is 0 Å². The van der Waals surface area contributed by atoms with Gasteiger partial charge in [0.05, 0.1) is 5.02 Å². The first kappa shape index (κ1) is 10.9. The van der Waals surface area contributed by atoms with Crippen molar-refractivity contribution in [3.05, 3.63) is 44.0 Å². The molecule has 0 radical (unpaired) electrons. The number of halogens is 2. The summed E-state index contributed by atoms with van der Waals surface area (Å²) in [4.78, 5) is 10.6. The highest BCUT2D eigenvalue weighted by molar-refractivity contribution is 9.10. The van der Waals surface area contributed by atoms with Gasteiger partial charge in [-0.05, 0) is 39.0 Å². The van der Waals surface area contributed by atoms with Gasteiger partial charge in [0, 0.05) is 21.0 Å². The molecule has 15 heavy (non-hydrogen) atoms. The van der Waals surface area contributed by atoms with Gasteiger partial charge in [-0.25, -0.2) is 0 Å². The minimum absolute atomic E-state index is 0.487. The Balaban J connectivity index is 2.52. The van der Waals surface area contributed by atoms with E-state index in [1.165, 1.54) is 0 Å². The van der Waals surface area contributed by atoms with Crippen LogP contribution in [0.4, 0.5) is 0 Å². The lowest BCUT2D eigenvalue weighted by Crippen LogP contribution is -1.83. The molecule has 1 heterocycles. The number of carbonyl (C=O) groups excluding carboxylic acids is 1. The van der Waals surface area contributed by atoms with Crippen LogP contribution in [0.1, 0.15) is 10.4 Å². The largest absolute Gasteiger partial charge is 0.298 e. The summed E-state index contributed by atoms with van der Waals surface area (Å²) in [6.45, 7) is 0. The Morgan fingerprint density at radius 1 is 1.33 bits per heavy atom. The lowest BCUT2D eigenvalue weighted by atomic mass is 10.1. The number of benzene rings is 1. The predicted octanol–water partition coefficient (Wildman–Crippen LogP) is 4.64. The van der Waals surface area contributed by atoms with Crippen LogP contribution in [-0.4, -0.2) is 6.29 Å². The second-order valence-electron chi connectivity index (χ2n) is 2.99. The highest BCUT2D eigenvalue weighted by Crippen LogP contribution is 2.33. The summed E-state index contributed by atoms with van der Waals surface area (Å²) < 4.78 is 1.04. The normalized spacial score (nSPS) is 10.3. The van der Waals surface area contributed by atoms with Gasteiger partial charge >= 0.3 is 0 Å². The fourth-order valence-electron chi connectivity index (χ4n) is 1.28. The van der Waals surface area contributed by atoms with E-state index in [-0.39, 0.29) is 0 Å². The third-order valence-electron chi connectivity index (χ3n) is 2.05. The zero-order valence-electron chi connectivity index (χ0n) is 7.54. The Morgan fingerprint density at radius 3 is 2.67 bits per heavy atom. The van der Waals surface area contributed by atoms with E-state index in [1.807, 2.05) is 16.8 Å². The van der Waals surface area contributed by atoms with E-state index in [1.54, 1.807) is 23.5 Å². The van der Waals surface area contributed by atoms with Crippen LogP contribution in [0.15, 0.2) is 33.4 Å². The molecule has 1 aromatic heterocycles. The zero-order chi connectivity index (χ0) is 10.8. The van der Waals surface area contributed by atoms with Crippen molar-refractivity contribution in [3.63, 3.8) is 0 Å². The second-order valence-corrected chi connectivity index (χ2v) is 4.99. The van der Waals surface area contributed by atoms with E-state index >= 15 is 0 Å². The molecule has 4 heteroatoms. The topological polar surface area (TPSA) is 17.1 Å². The summed E-state index contributed by atoms with van der Waals surface area (Å²) in [6, 6.07) is 5.43. The Bertz CT molecular complexity index is 507. The standard InChI is InChI=1S/C11H6BrClOS/c12-10-6-15-5-9(10)7-1-2-8(4-14)11(13)3-7/h1-6H. The van der Waals surface area contributed by atoms with Gasteiger partial charge in [0.2, 0.25) is 0 Å². The smallest absolute Gasteiger partial charge is 0.151 e. The summed E-state index contributed by atoms with van der Waals surface area (Å²) in [6.07, 6.45) is 0.759. The first-order valence-electron chi connectivity index (χ1n) is 4.19. The maximum Gasteiger partial charge on any atom is 0.151 e. The highest BCUT2D eigenvalue weighted by Gasteiger charge is 2.06. The lowest BCUT2D eigenvalue weighted by molar-refractivity contribution is 0.112. The lowest BCUT2D eigenvalue weighted by Gasteiger charge is -2.02. The third kappa shape index (κ3) is 2.14. The molecule has 0 atom stereocenters. The van der Waals surface area contributed by atoms with Crippen LogP contribution in [0.2, 0.25) is 5.02 Å². The number of hydrogen-bond acceptors (Lipinski definition) is 2. The van der Waals surface area contributed by atoms with Crippen LogP contribution >= 0.6 is 38.9 Å². The first-order valence-corrected chi connectivity index (χ1v) is 6.30. The molecule has 2 rings (SSSR count). The van der Waals surface area contributed by atoms with Crippen molar-refractivity contribution >= 4 is 45.2 Å². The van der Waals surface area contributed by atoms with Gasteiger partial charge < -0.3 is 0 Å². The molecule has 1 aromatic carbocycles. The van der Waals surface area contributed by atoms with Gasteiger partial charge in [-0.3, -0.25) is 4.79 Å². The summed E-state index contributed by atoms with van der Waals surface area (Å²) in [5.74, 6) is 0. The second kappa shape index (κ2) is 4.47. The average molecular weight is 302 g/mol. The van der Waals surface area contributed by atoms with E-state index in [2.05, 4.69) is 15.9 Å². The number of thiophene rings is 1. The molecule has 0 aliphatic heterocycles. The molecule has 0 saturated carbocycles. The van der Waals surface area contributed by atoms with Crippen LogP contribution < -0.4 is 0 Å². The highest BCUT2D eigenvalue weighted by atomic mass is 79.9. The molecule has 0 bridgehead atoms. The van der Waals surface area contributed by atoms with Crippen molar-refractivity contribution in [2.75, 3.05) is 0 Å². The van der Waals surface area contributed by atoms with E-state index < -0.39 is 0 Å². The average Bonchev–Trinajstić information content (AvgIpc) is 2.64. The van der Waals surface area contributed by atoms with Gasteiger partial charge in [-0.2, -0.15) is 11.3 Å². The predicted molar refractivity (Wildman–Crippen MR) is 67.9 cm³/mol. The van der Waals surface area contributed by atoms with Gasteiger partial charge in [-0.1, -0.05) is 17.7 Å². The van der Waals surface area contributed by atoms with E-state index in [0.29, 0.717) is 10.6 Å². The van der Waals surface area contributed by atoms with Crippen LogP contribution in [0.5, 0.6) is 0 Å². The van der Waals surface area contributed by atoms with Gasteiger partial charge in [-0.15, -0.1) is 0 Å². The molecule has 0 unspecified atom stereocenters. The molecular weight excluding hydrogens is 296 g/mol. The van der Waals surface area contributed by atoms with Crippen molar-refractivity contribution in [3.8, 4) is 11.1 Å². The molecule has 0 saturated heterocycles. The Kier molecular flexibility index (Phi) is 3.24. The maximum absolute atomic E-state index is 10.6. The minimum Gasteiger partial charge on any atom is -0.298 e. The molecule has 0 amide bonds. The summed E-state index contributed by atoms with van der Waals surface area (Å²) in [5.41, 5.74) is 2.63. The molecule has 0 N–H and O–H groups in total. The Hall–Kier alpha value is -0.640. The van der Waals surface area contributed by atoms with Gasteiger partial charge in [0.15, 0.2) is 6.29 Å². The van der Waals surface area contributed by atoms with Crippen molar-refractivity contribution in [1.29, 1.82) is 0 Å². The maximum atomic E-state index is 10.6. The van der Waals surface area contributed by atoms with E-state index in [0.717, 1.165) is 21.9 Å². The Labute approximate surface area is 105 Å². The van der Waals surface area contributed by atoms with E-state index in [4.69, 9.17) is 11.6 Å². The fourth-order valence-corrected chi connectivity index (χ4v) is 3.04. The van der Waals surface area contributed by atoms with Gasteiger partial charge in [0.1, 0.15) is 0 Å². The van der Waals surface area contributed by atoms with Crippen molar-refractivity contribution < 1.29 is 4.79 Å². The molecule has 2 aromatic rings. The third-order valence-corrected chi connectivity index (χ3v) is 4.08. The quantitative estimate of drug-likeness (QED) is 0.738. The Morgan fingerprint density at radius 2 is 2.13 bits per heavy atom. The molecule has 1 nitrogen and oxygen atoms in total. The fraction of sp³-hybridized carbons (Fsp3) is 0. The van der Waals surface area contributed by atoms with Crippen molar-refractivity contribution in [2.24, 2.45) is 0 Å². The molecule has 0 aliphatic carbocycles. The molecule has 0 aliphatic rings. The SMILES string of the molecule is O=Cc1ccc(-c2cscc2Br)cc1Cl.